The first kappa shape index (κ1) is 14.7. The van der Waals surface area contributed by atoms with Crippen LogP contribution in [0.15, 0.2) is 18.2 Å². The molecular formula is C16H23N3Si. The van der Waals surface area contributed by atoms with Gasteiger partial charge in [0.15, 0.2) is 0 Å². The first-order chi connectivity index (χ1) is 9.48. The summed E-state index contributed by atoms with van der Waals surface area (Å²) in [5.41, 5.74) is 6.49. The van der Waals surface area contributed by atoms with Gasteiger partial charge in [0.25, 0.3) is 0 Å². The SMILES string of the molecule is CCCCNc1nc2ccc(C#C[Si](C)(C)C)cc2[nH]1. The maximum atomic E-state index is 4.53. The molecule has 3 nitrogen and oxygen atoms in total. The summed E-state index contributed by atoms with van der Waals surface area (Å²) in [7, 11) is -1.32. The maximum Gasteiger partial charge on any atom is 0.201 e. The number of H-pyrrole nitrogens is 1. The van der Waals surface area contributed by atoms with Gasteiger partial charge in [-0.25, -0.2) is 4.98 Å². The minimum Gasteiger partial charge on any atom is -0.356 e. The fraction of sp³-hybridized carbons (Fsp3) is 0.438. The van der Waals surface area contributed by atoms with Gasteiger partial charge < -0.3 is 10.3 Å². The third-order valence-corrected chi connectivity index (χ3v) is 3.76. The van der Waals surface area contributed by atoms with Crippen LogP contribution < -0.4 is 5.32 Å². The van der Waals surface area contributed by atoms with Crippen LogP contribution >= 0.6 is 0 Å². The van der Waals surface area contributed by atoms with E-state index in [2.05, 4.69) is 59.4 Å². The molecule has 0 aliphatic carbocycles. The van der Waals surface area contributed by atoms with E-state index in [-0.39, 0.29) is 0 Å². The molecule has 0 radical (unpaired) electrons. The van der Waals surface area contributed by atoms with E-state index in [1.165, 1.54) is 6.42 Å². The van der Waals surface area contributed by atoms with Gasteiger partial charge in [-0.3, -0.25) is 0 Å². The highest BCUT2D eigenvalue weighted by Gasteiger charge is 2.08. The summed E-state index contributed by atoms with van der Waals surface area (Å²) in [6.45, 7) is 9.90. The molecule has 20 heavy (non-hydrogen) atoms. The number of unbranched alkanes of at least 4 members (excludes halogenated alkanes) is 1. The van der Waals surface area contributed by atoms with Crippen molar-refractivity contribution in [2.45, 2.75) is 39.4 Å². The number of imidazole rings is 1. The van der Waals surface area contributed by atoms with Crippen LogP contribution in [0, 0.1) is 11.5 Å². The Morgan fingerprint density at radius 2 is 2.10 bits per heavy atom. The van der Waals surface area contributed by atoms with Crippen molar-refractivity contribution in [3.63, 3.8) is 0 Å². The Kier molecular flexibility index (Phi) is 4.51. The normalized spacial score (nSPS) is 11.2. The molecule has 2 N–H and O–H groups in total. The maximum absolute atomic E-state index is 4.53. The Morgan fingerprint density at radius 1 is 1.30 bits per heavy atom. The molecule has 2 aromatic rings. The number of nitrogens with zero attached hydrogens (tertiary/aromatic N) is 1. The monoisotopic (exact) mass is 285 g/mol. The van der Waals surface area contributed by atoms with Gasteiger partial charge in [-0.15, -0.1) is 5.54 Å². The lowest BCUT2D eigenvalue weighted by molar-refractivity contribution is 0.829. The first-order valence-corrected chi connectivity index (χ1v) is 10.7. The number of nitrogens with one attached hydrogen (secondary N) is 2. The zero-order valence-electron chi connectivity index (χ0n) is 12.8. The van der Waals surface area contributed by atoms with E-state index in [0.29, 0.717) is 0 Å². The topological polar surface area (TPSA) is 40.7 Å². The average Bonchev–Trinajstić information content (AvgIpc) is 2.77. The summed E-state index contributed by atoms with van der Waals surface area (Å²) in [5.74, 6) is 4.13. The van der Waals surface area contributed by atoms with Gasteiger partial charge in [0.05, 0.1) is 11.0 Å². The van der Waals surface area contributed by atoms with Crippen LogP contribution in [0.5, 0.6) is 0 Å². The van der Waals surface area contributed by atoms with E-state index in [4.69, 9.17) is 0 Å². The summed E-state index contributed by atoms with van der Waals surface area (Å²) >= 11 is 0. The van der Waals surface area contributed by atoms with E-state index in [9.17, 15) is 0 Å². The van der Waals surface area contributed by atoms with Crippen LogP contribution in [-0.2, 0) is 0 Å². The molecule has 1 aromatic carbocycles. The summed E-state index contributed by atoms with van der Waals surface area (Å²) in [6, 6.07) is 6.16. The zero-order valence-corrected chi connectivity index (χ0v) is 13.8. The van der Waals surface area contributed by atoms with Gasteiger partial charge in [0, 0.05) is 12.1 Å². The lowest BCUT2D eigenvalue weighted by Gasteiger charge is -2.03. The molecule has 0 aliphatic heterocycles. The molecule has 1 heterocycles. The fourth-order valence-electron chi connectivity index (χ4n) is 1.81. The standard InChI is InChI=1S/C16H23N3Si/c1-5-6-10-17-16-18-14-8-7-13(12-15(14)19-16)9-11-20(2,3)4/h7-8,12H,5-6,10H2,1-4H3,(H2,17,18,19). The van der Waals surface area contributed by atoms with E-state index in [1.807, 2.05) is 12.1 Å². The Labute approximate surface area is 122 Å². The predicted octanol–water partition coefficient (Wildman–Crippen LogP) is 4.00. The predicted molar refractivity (Wildman–Crippen MR) is 89.7 cm³/mol. The van der Waals surface area contributed by atoms with Crippen molar-refractivity contribution in [3.05, 3.63) is 23.8 Å². The smallest absolute Gasteiger partial charge is 0.201 e. The molecule has 0 bridgehead atoms. The Bertz CT molecular complexity index is 641. The summed E-state index contributed by atoms with van der Waals surface area (Å²) < 4.78 is 0. The van der Waals surface area contributed by atoms with E-state index in [0.717, 1.165) is 35.5 Å². The van der Waals surface area contributed by atoms with Gasteiger partial charge >= 0.3 is 0 Å². The fourth-order valence-corrected chi connectivity index (χ4v) is 2.33. The number of anilines is 1. The molecule has 0 unspecified atom stereocenters. The van der Waals surface area contributed by atoms with Crippen molar-refractivity contribution in [1.29, 1.82) is 0 Å². The third-order valence-electron chi connectivity index (χ3n) is 2.89. The van der Waals surface area contributed by atoms with Crippen LogP contribution in [-0.4, -0.2) is 24.6 Å². The average molecular weight is 285 g/mol. The summed E-state index contributed by atoms with van der Waals surface area (Å²) in [5, 5.41) is 3.31. The van der Waals surface area contributed by atoms with Gasteiger partial charge in [-0.2, -0.15) is 0 Å². The molecular weight excluding hydrogens is 262 g/mol. The molecule has 0 amide bonds. The molecule has 0 saturated heterocycles. The Hall–Kier alpha value is -1.73. The van der Waals surface area contributed by atoms with Crippen molar-refractivity contribution in [1.82, 2.24) is 9.97 Å². The molecule has 0 spiro atoms. The minimum atomic E-state index is -1.32. The van der Waals surface area contributed by atoms with E-state index >= 15 is 0 Å². The summed E-state index contributed by atoms with van der Waals surface area (Å²) in [4.78, 5) is 7.84. The second-order valence-corrected chi connectivity index (χ2v) is 10.8. The number of aromatic amines is 1. The van der Waals surface area contributed by atoms with Crippen molar-refractivity contribution < 1.29 is 0 Å². The lowest BCUT2D eigenvalue weighted by atomic mass is 10.2. The van der Waals surface area contributed by atoms with Crippen molar-refractivity contribution in [2.75, 3.05) is 11.9 Å². The quantitative estimate of drug-likeness (QED) is 0.506. The number of hydrogen-bond acceptors (Lipinski definition) is 2. The first-order valence-electron chi connectivity index (χ1n) is 7.25. The van der Waals surface area contributed by atoms with Crippen LogP contribution in [0.4, 0.5) is 5.95 Å². The highest BCUT2D eigenvalue weighted by atomic mass is 28.3. The molecule has 0 aliphatic rings. The number of rotatable bonds is 4. The van der Waals surface area contributed by atoms with Crippen LogP contribution in [0.1, 0.15) is 25.3 Å². The Balaban J connectivity index is 2.19. The third kappa shape index (κ3) is 4.14. The second kappa shape index (κ2) is 6.15. The summed E-state index contributed by atoms with van der Waals surface area (Å²) in [6.07, 6.45) is 2.34. The number of hydrogen-bond donors (Lipinski definition) is 2. The minimum absolute atomic E-state index is 0.851. The largest absolute Gasteiger partial charge is 0.356 e. The zero-order chi connectivity index (χ0) is 14.6. The van der Waals surface area contributed by atoms with Crippen LogP contribution in [0.2, 0.25) is 19.6 Å². The van der Waals surface area contributed by atoms with Crippen molar-refractivity contribution >= 4 is 25.1 Å². The van der Waals surface area contributed by atoms with Crippen LogP contribution in [0.25, 0.3) is 11.0 Å². The van der Waals surface area contributed by atoms with Gasteiger partial charge in [-0.05, 0) is 24.6 Å². The van der Waals surface area contributed by atoms with E-state index < -0.39 is 8.07 Å². The lowest BCUT2D eigenvalue weighted by Crippen LogP contribution is -2.16. The molecule has 1 aromatic heterocycles. The molecule has 0 saturated carbocycles. The second-order valence-electron chi connectivity index (χ2n) is 6.10. The molecule has 4 heteroatoms. The van der Waals surface area contributed by atoms with Gasteiger partial charge in [-0.1, -0.05) is 38.9 Å². The highest BCUT2D eigenvalue weighted by molar-refractivity contribution is 6.83. The van der Waals surface area contributed by atoms with E-state index in [1.54, 1.807) is 0 Å². The van der Waals surface area contributed by atoms with Gasteiger partial charge in [0.2, 0.25) is 5.95 Å². The highest BCUT2D eigenvalue weighted by Crippen LogP contribution is 2.16. The molecule has 106 valence electrons. The Morgan fingerprint density at radius 3 is 2.80 bits per heavy atom. The van der Waals surface area contributed by atoms with Crippen LogP contribution in [0.3, 0.4) is 0 Å². The molecule has 0 fully saturated rings. The van der Waals surface area contributed by atoms with Gasteiger partial charge in [0.1, 0.15) is 8.07 Å². The number of fused-ring (bicyclic) bond motifs is 1. The van der Waals surface area contributed by atoms with Crippen molar-refractivity contribution in [3.8, 4) is 11.5 Å². The molecule has 2 rings (SSSR count). The van der Waals surface area contributed by atoms with Crippen molar-refractivity contribution in [2.24, 2.45) is 0 Å². The number of benzene rings is 1. The number of aromatic nitrogens is 2. The molecule has 0 atom stereocenters.